The van der Waals surface area contributed by atoms with Crippen LogP contribution < -0.4 is 5.32 Å². The maximum Gasteiger partial charge on any atom is 0.339 e. The number of rotatable bonds is 3. The lowest BCUT2D eigenvalue weighted by Gasteiger charge is -2.06. The minimum absolute atomic E-state index is 0.0357. The van der Waals surface area contributed by atoms with E-state index < -0.39 is 17.7 Å². The van der Waals surface area contributed by atoms with Gasteiger partial charge in [-0.05, 0) is 26.0 Å². The number of anilines is 1. The number of hydrogen-bond donors (Lipinski definition) is 3. The van der Waals surface area contributed by atoms with Crippen molar-refractivity contribution in [3.05, 3.63) is 52.6 Å². The van der Waals surface area contributed by atoms with Crippen molar-refractivity contribution in [2.24, 2.45) is 0 Å². The van der Waals surface area contributed by atoms with Gasteiger partial charge in [0.15, 0.2) is 0 Å². The summed E-state index contributed by atoms with van der Waals surface area (Å²) in [5.41, 5.74) is 1.10. The number of amides is 1. The third-order valence-electron chi connectivity index (χ3n) is 2.91. The number of benzene rings is 1. The predicted molar refractivity (Wildman–Crippen MR) is 71.6 cm³/mol. The monoisotopic (exact) mass is 276 g/mol. The molecule has 3 N–H and O–H groups in total. The van der Waals surface area contributed by atoms with E-state index in [1.54, 1.807) is 19.9 Å². The van der Waals surface area contributed by atoms with Crippen LogP contribution >= 0.6 is 0 Å². The fourth-order valence-corrected chi connectivity index (χ4v) is 1.90. The summed E-state index contributed by atoms with van der Waals surface area (Å²) in [7, 11) is 0. The van der Waals surface area contributed by atoms with Crippen LogP contribution in [0.4, 0.5) is 10.1 Å². The summed E-state index contributed by atoms with van der Waals surface area (Å²) >= 11 is 0. The number of aromatic carboxylic acids is 1. The lowest BCUT2D eigenvalue weighted by Crippen LogP contribution is -2.15. The molecule has 0 aliphatic carbocycles. The van der Waals surface area contributed by atoms with Crippen LogP contribution in [0, 0.1) is 19.7 Å². The molecule has 0 fully saturated rings. The molecule has 0 atom stereocenters. The normalized spacial score (nSPS) is 10.3. The van der Waals surface area contributed by atoms with Crippen molar-refractivity contribution in [2.45, 2.75) is 13.8 Å². The molecule has 6 heteroatoms. The number of aromatic nitrogens is 1. The highest BCUT2D eigenvalue weighted by Gasteiger charge is 2.19. The number of carboxylic acid groups (broad SMARTS) is 1. The van der Waals surface area contributed by atoms with E-state index in [9.17, 15) is 14.0 Å². The summed E-state index contributed by atoms with van der Waals surface area (Å²) in [5, 5.41) is 11.5. The van der Waals surface area contributed by atoms with Crippen LogP contribution in [-0.2, 0) is 0 Å². The molecule has 1 heterocycles. The Labute approximate surface area is 114 Å². The zero-order valence-electron chi connectivity index (χ0n) is 11.0. The van der Waals surface area contributed by atoms with E-state index in [0.29, 0.717) is 5.69 Å². The van der Waals surface area contributed by atoms with Crippen molar-refractivity contribution >= 4 is 17.6 Å². The van der Waals surface area contributed by atoms with E-state index in [4.69, 9.17) is 5.11 Å². The molecule has 0 saturated heterocycles. The van der Waals surface area contributed by atoms with Crippen molar-refractivity contribution in [1.29, 1.82) is 0 Å². The molecule has 0 aliphatic rings. The van der Waals surface area contributed by atoms with Crippen LogP contribution in [0.1, 0.15) is 32.0 Å². The van der Waals surface area contributed by atoms with Gasteiger partial charge < -0.3 is 15.4 Å². The number of nitrogens with one attached hydrogen (secondary N) is 2. The van der Waals surface area contributed by atoms with Crippen molar-refractivity contribution < 1.29 is 19.1 Å². The summed E-state index contributed by atoms with van der Waals surface area (Å²) in [6, 6.07) is 4.16. The Kier molecular flexibility index (Phi) is 3.56. The van der Waals surface area contributed by atoms with Gasteiger partial charge in [-0.25, -0.2) is 9.18 Å². The molecule has 1 aromatic heterocycles. The predicted octanol–water partition coefficient (Wildman–Crippen LogP) is 2.72. The van der Waals surface area contributed by atoms with Gasteiger partial charge in [-0.15, -0.1) is 0 Å². The Morgan fingerprint density at radius 1 is 1.30 bits per heavy atom. The zero-order chi connectivity index (χ0) is 14.9. The van der Waals surface area contributed by atoms with E-state index in [0.717, 1.165) is 5.56 Å². The highest BCUT2D eigenvalue weighted by Crippen LogP contribution is 2.20. The Balaban J connectivity index is 2.33. The molecule has 5 nitrogen and oxygen atoms in total. The van der Waals surface area contributed by atoms with Gasteiger partial charge in [0.1, 0.15) is 11.4 Å². The minimum atomic E-state index is -1.16. The number of aromatic amines is 1. The van der Waals surface area contributed by atoms with Crippen molar-refractivity contribution in [1.82, 2.24) is 4.98 Å². The van der Waals surface area contributed by atoms with Gasteiger partial charge in [-0.2, -0.15) is 0 Å². The number of halogens is 1. The number of carbonyl (C=O) groups excluding carboxylic acids is 1. The first-order valence-electron chi connectivity index (χ1n) is 5.89. The Morgan fingerprint density at radius 3 is 2.65 bits per heavy atom. The molecule has 0 aliphatic heterocycles. The number of H-pyrrole nitrogens is 1. The third-order valence-corrected chi connectivity index (χ3v) is 2.91. The molecule has 104 valence electrons. The maximum absolute atomic E-state index is 13.6. The number of hydrogen-bond acceptors (Lipinski definition) is 2. The SMILES string of the molecule is Cc1ccc(F)c(C(=O)Nc2c[nH]c(C)c2C(=O)O)c1. The summed E-state index contributed by atoms with van der Waals surface area (Å²) in [6.45, 7) is 3.31. The van der Waals surface area contributed by atoms with Gasteiger partial charge in [0, 0.05) is 11.9 Å². The summed E-state index contributed by atoms with van der Waals surface area (Å²) in [6.07, 6.45) is 1.37. The van der Waals surface area contributed by atoms with E-state index in [1.165, 1.54) is 18.3 Å². The highest BCUT2D eigenvalue weighted by molar-refractivity contribution is 6.08. The highest BCUT2D eigenvalue weighted by atomic mass is 19.1. The van der Waals surface area contributed by atoms with Gasteiger partial charge in [0.2, 0.25) is 0 Å². The van der Waals surface area contributed by atoms with Crippen LogP contribution in [0.25, 0.3) is 0 Å². The van der Waals surface area contributed by atoms with Crippen molar-refractivity contribution in [3.63, 3.8) is 0 Å². The van der Waals surface area contributed by atoms with Crippen LogP contribution in [-0.4, -0.2) is 22.0 Å². The first kappa shape index (κ1) is 13.8. The van der Waals surface area contributed by atoms with E-state index in [1.807, 2.05) is 0 Å². The number of aryl methyl sites for hydroxylation is 2. The molecule has 20 heavy (non-hydrogen) atoms. The zero-order valence-corrected chi connectivity index (χ0v) is 11.0. The largest absolute Gasteiger partial charge is 0.478 e. The molecule has 1 amide bonds. The van der Waals surface area contributed by atoms with E-state index >= 15 is 0 Å². The third kappa shape index (κ3) is 2.54. The number of carbonyl (C=O) groups is 2. The quantitative estimate of drug-likeness (QED) is 0.806. The van der Waals surface area contributed by atoms with E-state index in [-0.39, 0.29) is 16.8 Å². The van der Waals surface area contributed by atoms with Gasteiger partial charge in [0.05, 0.1) is 11.3 Å². The van der Waals surface area contributed by atoms with Gasteiger partial charge in [0.25, 0.3) is 5.91 Å². The van der Waals surface area contributed by atoms with Crippen LogP contribution in [0.3, 0.4) is 0 Å². The van der Waals surface area contributed by atoms with Gasteiger partial charge >= 0.3 is 5.97 Å². The smallest absolute Gasteiger partial charge is 0.339 e. The second kappa shape index (κ2) is 5.16. The second-order valence-electron chi connectivity index (χ2n) is 4.44. The second-order valence-corrected chi connectivity index (χ2v) is 4.44. The maximum atomic E-state index is 13.6. The average molecular weight is 276 g/mol. The summed E-state index contributed by atoms with van der Waals surface area (Å²) in [4.78, 5) is 25.8. The van der Waals surface area contributed by atoms with Crippen molar-refractivity contribution in [2.75, 3.05) is 5.32 Å². The summed E-state index contributed by atoms with van der Waals surface area (Å²) < 4.78 is 13.6. The fourth-order valence-electron chi connectivity index (χ4n) is 1.90. The standard InChI is InChI=1S/C14H13FN2O3/c1-7-3-4-10(15)9(5-7)13(18)17-11-6-16-8(2)12(11)14(19)20/h3-6,16H,1-2H3,(H,17,18)(H,19,20). The van der Waals surface area contributed by atoms with Crippen LogP contribution in [0.5, 0.6) is 0 Å². The molecular weight excluding hydrogens is 263 g/mol. The molecule has 0 unspecified atom stereocenters. The van der Waals surface area contributed by atoms with Gasteiger partial charge in [-0.1, -0.05) is 11.6 Å². The minimum Gasteiger partial charge on any atom is -0.478 e. The summed E-state index contributed by atoms with van der Waals surface area (Å²) in [5.74, 6) is -2.51. The molecule has 1 aromatic carbocycles. The first-order valence-corrected chi connectivity index (χ1v) is 5.89. The fraction of sp³-hybridized carbons (Fsp3) is 0.143. The number of carboxylic acids is 1. The van der Waals surface area contributed by atoms with Crippen molar-refractivity contribution in [3.8, 4) is 0 Å². The van der Waals surface area contributed by atoms with Crippen LogP contribution in [0.2, 0.25) is 0 Å². The molecule has 0 saturated carbocycles. The topological polar surface area (TPSA) is 82.2 Å². The Hall–Kier alpha value is -2.63. The van der Waals surface area contributed by atoms with E-state index in [2.05, 4.69) is 10.3 Å². The molecule has 0 bridgehead atoms. The molecule has 0 spiro atoms. The molecule has 2 rings (SSSR count). The lowest BCUT2D eigenvalue weighted by molar-refractivity contribution is 0.0697. The molecule has 2 aromatic rings. The van der Waals surface area contributed by atoms with Crippen LogP contribution in [0.15, 0.2) is 24.4 Å². The molecule has 0 radical (unpaired) electrons. The lowest BCUT2D eigenvalue weighted by atomic mass is 10.1. The Bertz CT molecular complexity index is 692. The first-order chi connectivity index (χ1) is 9.40. The van der Waals surface area contributed by atoms with Gasteiger partial charge in [-0.3, -0.25) is 4.79 Å². The Morgan fingerprint density at radius 2 is 2.00 bits per heavy atom. The molecular formula is C14H13FN2O3. The average Bonchev–Trinajstić information content (AvgIpc) is 2.73.